The first-order chi connectivity index (χ1) is 7.98. The topological polar surface area (TPSA) is 26.3 Å². The van der Waals surface area contributed by atoms with Gasteiger partial charge < -0.3 is 4.74 Å². The molecule has 0 saturated heterocycles. The molecule has 0 spiro atoms. The Balaban J connectivity index is 2.75. The summed E-state index contributed by atoms with van der Waals surface area (Å²) in [5.41, 5.74) is 0.639. The van der Waals surface area contributed by atoms with Crippen LogP contribution in [0.3, 0.4) is 0 Å². The van der Waals surface area contributed by atoms with Crippen molar-refractivity contribution in [3.05, 3.63) is 42.0 Å². The van der Waals surface area contributed by atoms with Gasteiger partial charge in [0.25, 0.3) is 0 Å². The number of ether oxygens (including phenoxy) is 1. The normalized spacial score (nSPS) is 13.6. The standard InChI is InChI=1S/C15H20O2/c1-12(15(2,3)14(16)17-4)10-11-13-8-6-5-7-9-13/h5-12H,1-4H3/b11-10+. The Labute approximate surface area is 103 Å². The Morgan fingerprint density at radius 1 is 1.29 bits per heavy atom. The lowest BCUT2D eigenvalue weighted by atomic mass is 9.79. The molecule has 0 fully saturated rings. The Hall–Kier alpha value is -1.57. The second-order valence-electron chi connectivity index (χ2n) is 4.77. The van der Waals surface area contributed by atoms with E-state index in [-0.39, 0.29) is 11.9 Å². The van der Waals surface area contributed by atoms with Crippen LogP contribution in [0.2, 0.25) is 0 Å². The molecule has 2 heteroatoms. The van der Waals surface area contributed by atoms with Gasteiger partial charge in [-0.3, -0.25) is 4.79 Å². The van der Waals surface area contributed by atoms with E-state index in [2.05, 4.69) is 0 Å². The van der Waals surface area contributed by atoms with Crippen LogP contribution in [0.1, 0.15) is 26.3 Å². The summed E-state index contributed by atoms with van der Waals surface area (Å²) in [7, 11) is 1.43. The first-order valence-corrected chi connectivity index (χ1v) is 5.80. The zero-order chi connectivity index (χ0) is 12.9. The first-order valence-electron chi connectivity index (χ1n) is 5.80. The summed E-state index contributed by atoms with van der Waals surface area (Å²) < 4.78 is 4.82. The second-order valence-corrected chi connectivity index (χ2v) is 4.77. The van der Waals surface area contributed by atoms with Gasteiger partial charge in [0.2, 0.25) is 0 Å². The molecule has 17 heavy (non-hydrogen) atoms. The molecule has 0 aliphatic heterocycles. The van der Waals surface area contributed by atoms with Crippen molar-refractivity contribution >= 4 is 12.0 Å². The van der Waals surface area contributed by atoms with Crippen molar-refractivity contribution in [1.82, 2.24) is 0 Å². The minimum absolute atomic E-state index is 0.121. The molecular weight excluding hydrogens is 212 g/mol. The van der Waals surface area contributed by atoms with E-state index in [0.717, 1.165) is 5.56 Å². The Kier molecular flexibility index (Phi) is 4.50. The van der Waals surface area contributed by atoms with Gasteiger partial charge in [0.05, 0.1) is 12.5 Å². The molecule has 0 heterocycles. The van der Waals surface area contributed by atoms with Crippen LogP contribution in [0.25, 0.3) is 6.08 Å². The van der Waals surface area contributed by atoms with E-state index in [9.17, 15) is 4.79 Å². The quantitative estimate of drug-likeness (QED) is 0.742. The van der Waals surface area contributed by atoms with E-state index < -0.39 is 5.41 Å². The molecule has 0 aliphatic carbocycles. The number of carbonyl (C=O) groups is 1. The average Bonchev–Trinajstić information content (AvgIpc) is 2.35. The van der Waals surface area contributed by atoms with Crippen molar-refractivity contribution < 1.29 is 9.53 Å². The van der Waals surface area contributed by atoms with Crippen molar-refractivity contribution in [3.63, 3.8) is 0 Å². The number of rotatable bonds is 4. The summed E-state index contributed by atoms with van der Waals surface area (Å²) >= 11 is 0. The number of allylic oxidation sites excluding steroid dienone is 1. The van der Waals surface area contributed by atoms with E-state index in [1.165, 1.54) is 7.11 Å². The van der Waals surface area contributed by atoms with Crippen LogP contribution in [0.15, 0.2) is 36.4 Å². The highest BCUT2D eigenvalue weighted by Gasteiger charge is 2.33. The molecule has 0 amide bonds. The number of esters is 1. The molecule has 92 valence electrons. The predicted octanol–water partition coefficient (Wildman–Crippen LogP) is 3.54. The van der Waals surface area contributed by atoms with Gasteiger partial charge in [0.1, 0.15) is 0 Å². The minimum Gasteiger partial charge on any atom is -0.469 e. The highest BCUT2D eigenvalue weighted by Crippen LogP contribution is 2.29. The number of carbonyl (C=O) groups excluding carboxylic acids is 1. The highest BCUT2D eigenvalue weighted by molar-refractivity contribution is 5.76. The summed E-state index contributed by atoms with van der Waals surface area (Å²) in [4.78, 5) is 11.6. The van der Waals surface area contributed by atoms with Gasteiger partial charge >= 0.3 is 5.97 Å². The zero-order valence-electron chi connectivity index (χ0n) is 10.9. The first kappa shape index (κ1) is 13.5. The molecular formula is C15H20O2. The fourth-order valence-electron chi connectivity index (χ4n) is 1.51. The molecule has 0 N–H and O–H groups in total. The molecule has 0 aliphatic rings. The SMILES string of the molecule is COC(=O)C(C)(C)C(C)/C=C/c1ccccc1. The molecule has 0 saturated carbocycles. The molecule has 1 atom stereocenters. The van der Waals surface area contributed by atoms with Crippen molar-refractivity contribution in [2.24, 2.45) is 11.3 Å². The Morgan fingerprint density at radius 3 is 2.41 bits per heavy atom. The lowest BCUT2D eigenvalue weighted by Gasteiger charge is -2.26. The maximum atomic E-state index is 11.6. The molecule has 1 unspecified atom stereocenters. The summed E-state index contributed by atoms with van der Waals surface area (Å²) in [6, 6.07) is 10.0. The van der Waals surface area contributed by atoms with Gasteiger partial charge in [-0.1, -0.05) is 49.4 Å². The predicted molar refractivity (Wildman–Crippen MR) is 70.4 cm³/mol. The van der Waals surface area contributed by atoms with Crippen molar-refractivity contribution in [2.45, 2.75) is 20.8 Å². The third kappa shape index (κ3) is 3.45. The van der Waals surface area contributed by atoms with Crippen LogP contribution in [-0.4, -0.2) is 13.1 Å². The molecule has 0 bridgehead atoms. The summed E-state index contributed by atoms with van der Waals surface area (Å²) in [5.74, 6) is -0.0575. The van der Waals surface area contributed by atoms with E-state index in [0.29, 0.717) is 0 Å². The lowest BCUT2D eigenvalue weighted by Crippen LogP contribution is -2.31. The van der Waals surface area contributed by atoms with Gasteiger partial charge in [-0.15, -0.1) is 0 Å². The third-order valence-electron chi connectivity index (χ3n) is 3.23. The smallest absolute Gasteiger partial charge is 0.311 e. The fraction of sp³-hybridized carbons (Fsp3) is 0.400. The maximum absolute atomic E-state index is 11.6. The molecule has 0 radical (unpaired) electrons. The van der Waals surface area contributed by atoms with Gasteiger partial charge in [-0.05, 0) is 25.3 Å². The average molecular weight is 232 g/mol. The van der Waals surface area contributed by atoms with Gasteiger partial charge in [-0.2, -0.15) is 0 Å². The Morgan fingerprint density at radius 2 is 1.88 bits per heavy atom. The van der Waals surface area contributed by atoms with Crippen LogP contribution in [0.4, 0.5) is 0 Å². The Bertz CT molecular complexity index is 391. The van der Waals surface area contributed by atoms with Gasteiger partial charge in [0.15, 0.2) is 0 Å². The van der Waals surface area contributed by atoms with E-state index in [1.807, 2.05) is 63.3 Å². The molecule has 2 nitrogen and oxygen atoms in total. The lowest BCUT2D eigenvalue weighted by molar-refractivity contribution is -0.152. The van der Waals surface area contributed by atoms with E-state index in [4.69, 9.17) is 4.74 Å². The monoisotopic (exact) mass is 232 g/mol. The molecule has 1 aromatic carbocycles. The van der Waals surface area contributed by atoms with Gasteiger partial charge in [0, 0.05) is 0 Å². The molecule has 1 rings (SSSR count). The van der Waals surface area contributed by atoms with Crippen LogP contribution in [0, 0.1) is 11.3 Å². The fourth-order valence-corrected chi connectivity index (χ4v) is 1.51. The zero-order valence-corrected chi connectivity index (χ0v) is 10.9. The molecule has 1 aromatic rings. The second kappa shape index (κ2) is 5.67. The number of methoxy groups -OCH3 is 1. The molecule has 0 aromatic heterocycles. The van der Waals surface area contributed by atoms with Crippen molar-refractivity contribution in [1.29, 1.82) is 0 Å². The van der Waals surface area contributed by atoms with Crippen molar-refractivity contribution in [3.8, 4) is 0 Å². The van der Waals surface area contributed by atoms with Crippen LogP contribution in [-0.2, 0) is 9.53 Å². The van der Waals surface area contributed by atoms with Crippen molar-refractivity contribution in [2.75, 3.05) is 7.11 Å². The van der Waals surface area contributed by atoms with E-state index in [1.54, 1.807) is 0 Å². The number of hydrogen-bond acceptors (Lipinski definition) is 2. The van der Waals surface area contributed by atoms with Crippen LogP contribution >= 0.6 is 0 Å². The van der Waals surface area contributed by atoms with Crippen LogP contribution < -0.4 is 0 Å². The minimum atomic E-state index is -0.500. The van der Waals surface area contributed by atoms with Crippen LogP contribution in [0.5, 0.6) is 0 Å². The maximum Gasteiger partial charge on any atom is 0.311 e. The number of hydrogen-bond donors (Lipinski definition) is 0. The summed E-state index contributed by atoms with van der Waals surface area (Å²) in [6.07, 6.45) is 4.08. The largest absolute Gasteiger partial charge is 0.469 e. The van der Waals surface area contributed by atoms with E-state index >= 15 is 0 Å². The summed E-state index contributed by atoms with van der Waals surface area (Å²) in [5, 5.41) is 0. The number of benzene rings is 1. The highest BCUT2D eigenvalue weighted by atomic mass is 16.5. The summed E-state index contributed by atoms with van der Waals surface area (Å²) in [6.45, 7) is 5.83. The van der Waals surface area contributed by atoms with Gasteiger partial charge in [-0.25, -0.2) is 0 Å². The third-order valence-corrected chi connectivity index (χ3v) is 3.23.